The molecule has 0 atom stereocenters. The fourth-order valence-corrected chi connectivity index (χ4v) is 12.0. The first-order chi connectivity index (χ1) is 29.3. The molecule has 59 heavy (non-hydrogen) atoms. The Morgan fingerprint density at radius 2 is 0.678 bits per heavy atom. The summed E-state index contributed by atoms with van der Waals surface area (Å²) in [7, 11) is 0. The van der Waals surface area contributed by atoms with Crippen LogP contribution in [0.25, 0.3) is 66.1 Å². The lowest BCUT2D eigenvalue weighted by Crippen LogP contribution is -2.32. The van der Waals surface area contributed by atoms with Crippen molar-refractivity contribution < 1.29 is 4.74 Å². The lowest BCUT2D eigenvalue weighted by Gasteiger charge is -2.40. The second kappa shape index (κ2) is 11.1. The number of benzene rings is 10. The van der Waals surface area contributed by atoms with E-state index in [9.17, 15) is 0 Å². The Bertz CT molecular complexity index is 3400. The molecule has 2 spiro atoms. The number of ether oxygens (including phenoxy) is 1. The molecule has 1 heteroatoms. The molecule has 0 saturated heterocycles. The molecule has 272 valence electrons. The van der Waals surface area contributed by atoms with Crippen LogP contribution in [0.3, 0.4) is 0 Å². The second-order valence-electron chi connectivity index (χ2n) is 16.6. The van der Waals surface area contributed by atoms with Gasteiger partial charge in [0, 0.05) is 21.9 Å². The minimum absolute atomic E-state index is 0.424. The standard InChI is InChI=1S/C58H34O/c1-2-17-36-35(16-1)32-33-52-55(36)59-56-43-23-4-3-18-37(43)45(34-53(56)58(52)48-28-12-7-21-40(48)41-22-8-13-29-49(41)58)42-25-15-31-51-54(42)44-24-9-14-30-50(44)57(51)46-26-10-5-19-38(46)39-20-6-11-27-47(39)57/h1-34H. The van der Waals surface area contributed by atoms with Gasteiger partial charge < -0.3 is 4.74 Å². The highest BCUT2D eigenvalue weighted by atomic mass is 16.5. The number of hydrogen-bond acceptors (Lipinski definition) is 1. The Hall–Kier alpha value is -7.48. The maximum absolute atomic E-state index is 7.41. The van der Waals surface area contributed by atoms with Crippen molar-refractivity contribution in [1.82, 2.24) is 0 Å². The third-order valence-electron chi connectivity index (χ3n) is 14.2. The van der Waals surface area contributed by atoms with Crippen molar-refractivity contribution in [2.45, 2.75) is 10.8 Å². The summed E-state index contributed by atoms with van der Waals surface area (Å²) < 4.78 is 7.41. The molecule has 14 rings (SSSR count). The Morgan fingerprint density at radius 3 is 1.29 bits per heavy atom. The predicted molar refractivity (Wildman–Crippen MR) is 241 cm³/mol. The van der Waals surface area contributed by atoms with Crippen molar-refractivity contribution in [3.05, 3.63) is 251 Å². The van der Waals surface area contributed by atoms with Crippen LogP contribution in [-0.4, -0.2) is 0 Å². The quantitative estimate of drug-likeness (QED) is 0.163. The lowest BCUT2D eigenvalue weighted by atomic mass is 9.64. The zero-order chi connectivity index (χ0) is 38.5. The van der Waals surface area contributed by atoms with E-state index in [1.54, 1.807) is 0 Å². The van der Waals surface area contributed by atoms with E-state index in [-0.39, 0.29) is 0 Å². The number of fused-ring (bicyclic) bond motifs is 23. The molecular weight excluding hydrogens is 713 g/mol. The molecule has 0 aromatic heterocycles. The highest BCUT2D eigenvalue weighted by molar-refractivity contribution is 6.09. The third kappa shape index (κ3) is 3.65. The molecule has 0 fully saturated rings. The van der Waals surface area contributed by atoms with Crippen LogP contribution in [0.1, 0.15) is 44.5 Å². The van der Waals surface area contributed by atoms with Gasteiger partial charge in [0.05, 0.1) is 10.8 Å². The smallest absolute Gasteiger partial charge is 0.140 e. The monoisotopic (exact) mass is 746 g/mol. The van der Waals surface area contributed by atoms with Gasteiger partial charge in [0.25, 0.3) is 0 Å². The van der Waals surface area contributed by atoms with Crippen molar-refractivity contribution in [3.8, 4) is 56.0 Å². The number of hydrogen-bond donors (Lipinski definition) is 0. The van der Waals surface area contributed by atoms with Crippen LogP contribution >= 0.6 is 0 Å². The maximum atomic E-state index is 7.41. The van der Waals surface area contributed by atoms with Gasteiger partial charge in [0.1, 0.15) is 11.5 Å². The summed E-state index contributed by atoms with van der Waals surface area (Å²) in [5.74, 6) is 1.87. The summed E-state index contributed by atoms with van der Waals surface area (Å²) in [5.41, 5.74) is 19.6. The molecule has 0 amide bonds. The van der Waals surface area contributed by atoms with Crippen LogP contribution in [-0.2, 0) is 10.8 Å². The third-order valence-corrected chi connectivity index (χ3v) is 14.2. The molecule has 0 saturated carbocycles. The van der Waals surface area contributed by atoms with E-state index in [0.717, 1.165) is 22.3 Å². The molecule has 0 unspecified atom stereocenters. The average Bonchev–Trinajstić information content (AvgIpc) is 3.90. The Labute approximate surface area is 342 Å². The average molecular weight is 747 g/mol. The molecule has 4 aliphatic rings. The van der Waals surface area contributed by atoms with Gasteiger partial charge >= 0.3 is 0 Å². The zero-order valence-electron chi connectivity index (χ0n) is 32.0. The molecule has 1 nitrogen and oxygen atoms in total. The summed E-state index contributed by atoms with van der Waals surface area (Å²) >= 11 is 0. The van der Waals surface area contributed by atoms with Crippen LogP contribution in [0.4, 0.5) is 0 Å². The van der Waals surface area contributed by atoms with Crippen molar-refractivity contribution in [2.75, 3.05) is 0 Å². The van der Waals surface area contributed by atoms with Gasteiger partial charge in [-0.25, -0.2) is 0 Å². The predicted octanol–water partition coefficient (Wildman–Crippen LogP) is 14.5. The van der Waals surface area contributed by atoms with Crippen LogP contribution < -0.4 is 4.74 Å². The Kier molecular flexibility index (Phi) is 5.96. The lowest BCUT2D eigenvalue weighted by molar-refractivity contribution is 0.447. The first kappa shape index (κ1) is 31.6. The van der Waals surface area contributed by atoms with Gasteiger partial charge in [-0.05, 0) is 94.7 Å². The summed E-state index contributed by atoms with van der Waals surface area (Å²) in [6.45, 7) is 0. The highest BCUT2D eigenvalue weighted by Gasteiger charge is 2.54. The van der Waals surface area contributed by atoms with E-state index in [1.807, 2.05) is 0 Å². The molecule has 0 N–H and O–H groups in total. The van der Waals surface area contributed by atoms with Crippen LogP contribution in [0.15, 0.2) is 206 Å². The van der Waals surface area contributed by atoms with Gasteiger partial charge in [-0.1, -0.05) is 200 Å². The fraction of sp³-hybridized carbons (Fsp3) is 0.0345. The SMILES string of the molecule is c1ccc2c(c1)-c1ccccc1C21c2ccccc2-c2c(-c3cc4c(c5ccccc35)Oc3c(ccc5ccccc35)C43c4ccccc4-c4ccccc43)cccc21. The van der Waals surface area contributed by atoms with E-state index in [2.05, 4.69) is 206 Å². The van der Waals surface area contributed by atoms with Gasteiger partial charge in [-0.3, -0.25) is 0 Å². The molecule has 3 aliphatic carbocycles. The molecule has 0 radical (unpaired) electrons. The summed E-state index contributed by atoms with van der Waals surface area (Å²) in [6, 6.07) is 77.2. The van der Waals surface area contributed by atoms with E-state index < -0.39 is 10.8 Å². The normalized spacial score (nSPS) is 14.8. The van der Waals surface area contributed by atoms with Gasteiger partial charge in [0.15, 0.2) is 0 Å². The van der Waals surface area contributed by atoms with Gasteiger partial charge in [0.2, 0.25) is 0 Å². The zero-order valence-corrected chi connectivity index (χ0v) is 32.0. The second-order valence-corrected chi connectivity index (χ2v) is 16.6. The van der Waals surface area contributed by atoms with Crippen molar-refractivity contribution in [1.29, 1.82) is 0 Å². The van der Waals surface area contributed by atoms with E-state index >= 15 is 0 Å². The largest absolute Gasteiger partial charge is 0.455 e. The van der Waals surface area contributed by atoms with Crippen molar-refractivity contribution in [2.24, 2.45) is 0 Å². The van der Waals surface area contributed by atoms with Gasteiger partial charge in [-0.15, -0.1) is 0 Å². The Morgan fingerprint density at radius 1 is 0.254 bits per heavy atom. The van der Waals surface area contributed by atoms with Crippen LogP contribution in [0.2, 0.25) is 0 Å². The van der Waals surface area contributed by atoms with E-state index in [4.69, 9.17) is 4.74 Å². The minimum Gasteiger partial charge on any atom is -0.455 e. The molecule has 1 heterocycles. The summed E-state index contributed by atoms with van der Waals surface area (Å²) in [5, 5.41) is 4.61. The molecule has 10 aromatic carbocycles. The number of rotatable bonds is 1. The van der Waals surface area contributed by atoms with E-state index in [0.29, 0.717) is 0 Å². The topological polar surface area (TPSA) is 9.23 Å². The molecule has 1 aliphatic heterocycles. The van der Waals surface area contributed by atoms with Crippen molar-refractivity contribution >= 4 is 21.5 Å². The van der Waals surface area contributed by atoms with Crippen LogP contribution in [0.5, 0.6) is 11.5 Å². The minimum atomic E-state index is -0.612. The van der Waals surface area contributed by atoms with E-state index in [1.165, 1.54) is 99.8 Å². The fourth-order valence-electron chi connectivity index (χ4n) is 12.0. The van der Waals surface area contributed by atoms with Crippen molar-refractivity contribution in [3.63, 3.8) is 0 Å². The summed E-state index contributed by atoms with van der Waals surface area (Å²) in [4.78, 5) is 0. The first-order valence-electron chi connectivity index (χ1n) is 20.7. The Balaban J connectivity index is 1.14. The van der Waals surface area contributed by atoms with Crippen LogP contribution in [0, 0.1) is 0 Å². The maximum Gasteiger partial charge on any atom is 0.140 e. The van der Waals surface area contributed by atoms with Gasteiger partial charge in [-0.2, -0.15) is 0 Å². The molecule has 10 aromatic rings. The highest BCUT2D eigenvalue weighted by Crippen LogP contribution is 2.67. The molecular formula is C58H34O. The first-order valence-corrected chi connectivity index (χ1v) is 20.7. The summed E-state index contributed by atoms with van der Waals surface area (Å²) in [6.07, 6.45) is 0. The molecule has 0 bridgehead atoms.